The second-order valence-corrected chi connectivity index (χ2v) is 5.30. The zero-order chi connectivity index (χ0) is 16.4. The number of halogens is 1. The van der Waals surface area contributed by atoms with Crippen LogP contribution in [0, 0.1) is 12.7 Å². The van der Waals surface area contributed by atoms with Gasteiger partial charge in [-0.25, -0.2) is 9.18 Å². The van der Waals surface area contributed by atoms with Gasteiger partial charge >= 0.3 is 5.63 Å². The molecule has 0 aliphatic carbocycles. The van der Waals surface area contributed by atoms with Crippen LogP contribution in [0.4, 0.5) is 4.39 Å². The van der Waals surface area contributed by atoms with Gasteiger partial charge in [-0.2, -0.15) is 0 Å². The average molecular weight is 311 g/mol. The number of benzene rings is 2. The summed E-state index contributed by atoms with van der Waals surface area (Å²) in [5.74, 6) is -1.14. The molecule has 5 heteroatoms. The molecule has 0 aliphatic rings. The molecule has 116 valence electrons. The van der Waals surface area contributed by atoms with Crippen molar-refractivity contribution in [2.45, 2.75) is 13.5 Å². The van der Waals surface area contributed by atoms with Gasteiger partial charge in [0.2, 0.25) is 0 Å². The first kappa shape index (κ1) is 15.0. The number of amides is 1. The standard InChI is InChI=1S/C18H14FNO3/c1-11-2-4-12(5-3-11)10-20-17(21)16-9-13-8-14(19)6-7-15(13)18(22)23-16/h2-9H,10H2,1H3,(H,20,21). The van der Waals surface area contributed by atoms with Crippen LogP contribution in [0.3, 0.4) is 0 Å². The Labute approximate surface area is 131 Å². The van der Waals surface area contributed by atoms with E-state index in [1.807, 2.05) is 31.2 Å². The molecular weight excluding hydrogens is 297 g/mol. The molecule has 1 N–H and O–H groups in total. The lowest BCUT2D eigenvalue weighted by Gasteiger charge is -2.06. The van der Waals surface area contributed by atoms with Gasteiger partial charge < -0.3 is 9.73 Å². The molecule has 1 aromatic heterocycles. The van der Waals surface area contributed by atoms with Crippen LogP contribution in [0.1, 0.15) is 21.7 Å². The number of aryl methyl sites for hydroxylation is 1. The minimum atomic E-state index is -0.664. The third kappa shape index (κ3) is 3.29. The van der Waals surface area contributed by atoms with Crippen molar-refractivity contribution in [1.82, 2.24) is 5.32 Å². The van der Waals surface area contributed by atoms with E-state index in [-0.39, 0.29) is 11.1 Å². The van der Waals surface area contributed by atoms with Crippen molar-refractivity contribution in [3.05, 3.63) is 81.7 Å². The van der Waals surface area contributed by atoms with E-state index < -0.39 is 17.3 Å². The SMILES string of the molecule is Cc1ccc(CNC(=O)c2cc3cc(F)ccc3c(=O)o2)cc1. The predicted octanol–water partition coefficient (Wildman–Crippen LogP) is 3.17. The lowest BCUT2D eigenvalue weighted by atomic mass is 10.1. The molecule has 0 atom stereocenters. The van der Waals surface area contributed by atoms with Crippen molar-refractivity contribution < 1.29 is 13.6 Å². The maximum absolute atomic E-state index is 13.3. The van der Waals surface area contributed by atoms with E-state index in [2.05, 4.69) is 5.32 Å². The number of fused-ring (bicyclic) bond motifs is 1. The molecule has 0 fully saturated rings. The predicted molar refractivity (Wildman–Crippen MR) is 84.8 cm³/mol. The van der Waals surface area contributed by atoms with Gasteiger partial charge in [-0.15, -0.1) is 0 Å². The summed E-state index contributed by atoms with van der Waals surface area (Å²) < 4.78 is 18.3. The Morgan fingerprint density at radius 1 is 1.13 bits per heavy atom. The Hall–Kier alpha value is -2.95. The quantitative estimate of drug-likeness (QED) is 0.808. The summed E-state index contributed by atoms with van der Waals surface area (Å²) in [6.07, 6.45) is 0. The fourth-order valence-electron chi connectivity index (χ4n) is 2.25. The Morgan fingerprint density at radius 2 is 1.87 bits per heavy atom. The molecule has 0 saturated heterocycles. The highest BCUT2D eigenvalue weighted by Crippen LogP contribution is 2.14. The highest BCUT2D eigenvalue weighted by molar-refractivity contribution is 5.95. The molecule has 3 aromatic rings. The average Bonchev–Trinajstić information content (AvgIpc) is 2.53. The van der Waals surface area contributed by atoms with Crippen LogP contribution in [0.5, 0.6) is 0 Å². The lowest BCUT2D eigenvalue weighted by Crippen LogP contribution is -2.24. The highest BCUT2D eigenvalue weighted by atomic mass is 19.1. The van der Waals surface area contributed by atoms with E-state index in [0.29, 0.717) is 11.9 Å². The highest BCUT2D eigenvalue weighted by Gasteiger charge is 2.12. The van der Waals surface area contributed by atoms with E-state index >= 15 is 0 Å². The Morgan fingerprint density at radius 3 is 2.61 bits per heavy atom. The number of carbonyl (C=O) groups excluding carboxylic acids is 1. The van der Waals surface area contributed by atoms with Crippen molar-refractivity contribution in [2.75, 3.05) is 0 Å². The second-order valence-electron chi connectivity index (χ2n) is 5.30. The zero-order valence-corrected chi connectivity index (χ0v) is 12.4. The number of nitrogens with one attached hydrogen (secondary N) is 1. The van der Waals surface area contributed by atoms with Crippen molar-refractivity contribution in [2.24, 2.45) is 0 Å². The zero-order valence-electron chi connectivity index (χ0n) is 12.4. The first-order valence-corrected chi connectivity index (χ1v) is 7.10. The van der Waals surface area contributed by atoms with E-state index in [0.717, 1.165) is 11.1 Å². The van der Waals surface area contributed by atoms with Crippen LogP contribution in [0.2, 0.25) is 0 Å². The van der Waals surface area contributed by atoms with E-state index in [1.54, 1.807) is 0 Å². The molecule has 0 spiro atoms. The van der Waals surface area contributed by atoms with Gasteiger partial charge in [0, 0.05) is 6.54 Å². The fraction of sp³-hybridized carbons (Fsp3) is 0.111. The summed E-state index contributed by atoms with van der Waals surface area (Å²) in [5, 5.41) is 3.25. The molecule has 1 heterocycles. The van der Waals surface area contributed by atoms with Crippen LogP contribution in [-0.4, -0.2) is 5.91 Å². The molecule has 23 heavy (non-hydrogen) atoms. The van der Waals surface area contributed by atoms with Crippen molar-refractivity contribution in [3.8, 4) is 0 Å². The maximum Gasteiger partial charge on any atom is 0.344 e. The first-order valence-electron chi connectivity index (χ1n) is 7.10. The van der Waals surface area contributed by atoms with Crippen LogP contribution < -0.4 is 10.9 Å². The summed E-state index contributed by atoms with van der Waals surface area (Å²) >= 11 is 0. The molecule has 4 nitrogen and oxygen atoms in total. The summed E-state index contributed by atoms with van der Waals surface area (Å²) in [4.78, 5) is 24.0. The Kier molecular flexibility index (Phi) is 3.93. The summed E-state index contributed by atoms with van der Waals surface area (Å²) in [7, 11) is 0. The van der Waals surface area contributed by atoms with E-state index in [4.69, 9.17) is 4.42 Å². The molecule has 1 amide bonds. The van der Waals surface area contributed by atoms with Gasteiger partial charge in [0.05, 0.1) is 5.39 Å². The van der Waals surface area contributed by atoms with Gasteiger partial charge in [0.15, 0.2) is 5.76 Å². The molecule has 2 aromatic carbocycles. The molecular formula is C18H14FNO3. The topological polar surface area (TPSA) is 59.3 Å². The number of hydrogen-bond donors (Lipinski definition) is 1. The van der Waals surface area contributed by atoms with Crippen molar-refractivity contribution in [1.29, 1.82) is 0 Å². The van der Waals surface area contributed by atoms with Crippen molar-refractivity contribution >= 4 is 16.7 Å². The van der Waals surface area contributed by atoms with Crippen molar-refractivity contribution in [3.63, 3.8) is 0 Å². The number of carbonyl (C=O) groups is 1. The minimum Gasteiger partial charge on any atom is -0.417 e. The van der Waals surface area contributed by atoms with Gasteiger partial charge in [0.1, 0.15) is 5.82 Å². The van der Waals surface area contributed by atoms with Crippen LogP contribution in [0.25, 0.3) is 10.8 Å². The van der Waals surface area contributed by atoms with Crippen LogP contribution >= 0.6 is 0 Å². The molecule has 0 bridgehead atoms. The Balaban J connectivity index is 1.83. The molecule has 0 aliphatic heterocycles. The second kappa shape index (κ2) is 6.04. The van der Waals surface area contributed by atoms with E-state index in [9.17, 15) is 14.0 Å². The smallest absolute Gasteiger partial charge is 0.344 e. The first-order chi connectivity index (χ1) is 11.0. The lowest BCUT2D eigenvalue weighted by molar-refractivity contribution is 0.0919. The molecule has 0 unspecified atom stereocenters. The monoisotopic (exact) mass is 311 g/mol. The summed E-state index contributed by atoms with van der Waals surface area (Å²) in [6, 6.07) is 12.8. The largest absolute Gasteiger partial charge is 0.417 e. The minimum absolute atomic E-state index is 0.139. The van der Waals surface area contributed by atoms with Gasteiger partial charge in [-0.1, -0.05) is 29.8 Å². The van der Waals surface area contributed by atoms with E-state index in [1.165, 1.54) is 24.3 Å². The third-order valence-corrected chi connectivity index (χ3v) is 3.52. The number of rotatable bonds is 3. The summed E-state index contributed by atoms with van der Waals surface area (Å²) in [6.45, 7) is 2.29. The van der Waals surface area contributed by atoms with Gasteiger partial charge in [0.25, 0.3) is 5.91 Å². The van der Waals surface area contributed by atoms with Crippen LogP contribution in [0.15, 0.2) is 57.7 Å². The fourth-order valence-corrected chi connectivity index (χ4v) is 2.25. The maximum atomic E-state index is 13.3. The van der Waals surface area contributed by atoms with Gasteiger partial charge in [-0.05, 0) is 42.1 Å². The molecule has 3 rings (SSSR count). The summed E-state index contributed by atoms with van der Waals surface area (Å²) in [5.41, 5.74) is 1.39. The molecule has 0 radical (unpaired) electrons. The van der Waals surface area contributed by atoms with Crippen LogP contribution in [-0.2, 0) is 6.54 Å². The normalized spacial score (nSPS) is 10.7. The van der Waals surface area contributed by atoms with Gasteiger partial charge in [-0.3, -0.25) is 4.79 Å². The Bertz CT molecular complexity index is 929. The number of hydrogen-bond acceptors (Lipinski definition) is 3. The third-order valence-electron chi connectivity index (χ3n) is 3.52. The molecule has 0 saturated carbocycles.